The molecule has 0 saturated heterocycles. The van der Waals surface area contributed by atoms with Gasteiger partial charge in [-0.25, -0.2) is 9.97 Å². The molecule has 0 aliphatic heterocycles. The zero-order valence-corrected chi connectivity index (χ0v) is 17.2. The van der Waals surface area contributed by atoms with Crippen molar-refractivity contribution in [2.45, 2.75) is 26.2 Å². The average molecular weight is 405 g/mol. The first kappa shape index (κ1) is 19.2. The second kappa shape index (κ2) is 7.01. The normalized spacial score (nSPS) is 11.7. The van der Waals surface area contributed by atoms with E-state index in [0.717, 1.165) is 16.7 Å². The Kier molecular flexibility index (Phi) is 4.63. The van der Waals surface area contributed by atoms with Crippen LogP contribution < -0.4 is 11.3 Å². The molecule has 0 bridgehead atoms. The van der Waals surface area contributed by atoms with Crippen molar-refractivity contribution in [3.63, 3.8) is 0 Å². The van der Waals surface area contributed by atoms with Gasteiger partial charge < -0.3 is 10.7 Å². The summed E-state index contributed by atoms with van der Waals surface area (Å²) in [4.78, 5) is 25.1. The van der Waals surface area contributed by atoms with Gasteiger partial charge in [-0.05, 0) is 29.8 Å². The number of aromatic amines is 1. The molecule has 2 heterocycles. The number of nitrogens with one attached hydrogen (secondary N) is 1. The van der Waals surface area contributed by atoms with Crippen LogP contribution in [0.2, 0.25) is 5.02 Å². The first-order chi connectivity index (χ1) is 13.7. The van der Waals surface area contributed by atoms with Crippen molar-refractivity contribution < 1.29 is 0 Å². The van der Waals surface area contributed by atoms with Gasteiger partial charge >= 0.3 is 0 Å². The highest BCUT2D eigenvalue weighted by Crippen LogP contribution is 2.36. The molecule has 0 radical (unpaired) electrons. The van der Waals surface area contributed by atoms with Gasteiger partial charge in [0.2, 0.25) is 0 Å². The standard InChI is InChI=1S/C23H21ClN4O/c1-23(2,3)22-27-20-17(21(29)28-22)12-16(13-8-10-14(25)11-9-13)19(26-20)15-6-4-5-7-18(15)24/h4-12H,25H2,1-3H3,(H,26,27,28,29). The summed E-state index contributed by atoms with van der Waals surface area (Å²) in [6.07, 6.45) is 0. The van der Waals surface area contributed by atoms with E-state index in [1.54, 1.807) is 0 Å². The fraction of sp³-hybridized carbons (Fsp3) is 0.174. The molecule has 0 fully saturated rings. The zero-order chi connectivity index (χ0) is 20.8. The van der Waals surface area contributed by atoms with E-state index in [-0.39, 0.29) is 11.0 Å². The molecule has 4 aromatic rings. The van der Waals surface area contributed by atoms with E-state index in [4.69, 9.17) is 22.3 Å². The number of aromatic nitrogens is 3. The number of hydrogen-bond acceptors (Lipinski definition) is 4. The van der Waals surface area contributed by atoms with Crippen molar-refractivity contribution >= 4 is 28.3 Å². The molecule has 146 valence electrons. The van der Waals surface area contributed by atoms with Crippen LogP contribution in [-0.4, -0.2) is 15.0 Å². The Bertz CT molecular complexity index is 1270. The highest BCUT2D eigenvalue weighted by atomic mass is 35.5. The number of pyridine rings is 1. The Hall–Kier alpha value is -3.18. The molecular formula is C23H21ClN4O. The van der Waals surface area contributed by atoms with Crippen LogP contribution in [0.3, 0.4) is 0 Å². The summed E-state index contributed by atoms with van der Waals surface area (Å²) in [5, 5.41) is 1.01. The minimum atomic E-state index is -0.310. The molecule has 0 aliphatic carbocycles. The minimum absolute atomic E-state index is 0.213. The summed E-state index contributed by atoms with van der Waals surface area (Å²) in [7, 11) is 0. The number of nitrogens with zero attached hydrogens (tertiary/aromatic N) is 2. The zero-order valence-electron chi connectivity index (χ0n) is 16.5. The monoisotopic (exact) mass is 404 g/mol. The van der Waals surface area contributed by atoms with Gasteiger partial charge in [0.05, 0.1) is 11.1 Å². The van der Waals surface area contributed by atoms with E-state index in [9.17, 15) is 4.79 Å². The number of halogens is 1. The van der Waals surface area contributed by atoms with E-state index in [1.165, 1.54) is 0 Å². The lowest BCUT2D eigenvalue weighted by Gasteiger charge is -2.18. The molecule has 0 spiro atoms. The van der Waals surface area contributed by atoms with E-state index in [1.807, 2.05) is 75.4 Å². The lowest BCUT2D eigenvalue weighted by Crippen LogP contribution is -2.22. The third-order valence-electron chi connectivity index (χ3n) is 4.76. The maximum atomic E-state index is 12.8. The van der Waals surface area contributed by atoms with Crippen molar-refractivity contribution in [2.24, 2.45) is 0 Å². The number of H-pyrrole nitrogens is 1. The summed E-state index contributed by atoms with van der Waals surface area (Å²) in [6, 6.07) is 16.8. The second-order valence-electron chi connectivity index (χ2n) is 8.02. The van der Waals surface area contributed by atoms with Crippen LogP contribution >= 0.6 is 11.6 Å². The maximum absolute atomic E-state index is 12.8. The third-order valence-corrected chi connectivity index (χ3v) is 5.09. The molecule has 6 heteroatoms. The molecule has 4 rings (SSSR count). The van der Waals surface area contributed by atoms with Gasteiger partial charge in [0.15, 0.2) is 5.65 Å². The van der Waals surface area contributed by atoms with E-state index >= 15 is 0 Å². The van der Waals surface area contributed by atoms with Crippen LogP contribution in [0.25, 0.3) is 33.4 Å². The number of nitrogen functional groups attached to an aromatic ring is 1. The number of anilines is 1. The van der Waals surface area contributed by atoms with Gasteiger partial charge in [0.25, 0.3) is 5.56 Å². The Morgan fingerprint density at radius 1 is 0.966 bits per heavy atom. The average Bonchev–Trinajstić information content (AvgIpc) is 2.67. The molecule has 0 aliphatic rings. The number of nitrogens with two attached hydrogens (primary N) is 1. The van der Waals surface area contributed by atoms with E-state index in [0.29, 0.717) is 33.3 Å². The Morgan fingerprint density at radius 3 is 2.31 bits per heavy atom. The van der Waals surface area contributed by atoms with Gasteiger partial charge in [-0.1, -0.05) is 62.7 Å². The first-order valence-electron chi connectivity index (χ1n) is 9.30. The molecule has 0 unspecified atom stereocenters. The van der Waals surface area contributed by atoms with Gasteiger partial charge in [0, 0.05) is 27.3 Å². The number of benzene rings is 2. The van der Waals surface area contributed by atoms with Crippen LogP contribution in [0.1, 0.15) is 26.6 Å². The third kappa shape index (κ3) is 3.61. The quantitative estimate of drug-likeness (QED) is 0.450. The van der Waals surface area contributed by atoms with E-state index < -0.39 is 0 Å². The summed E-state index contributed by atoms with van der Waals surface area (Å²) >= 11 is 6.48. The SMILES string of the molecule is CC(C)(C)c1nc2nc(-c3ccccc3Cl)c(-c3ccc(N)cc3)cc2c(=O)[nH]1. The van der Waals surface area contributed by atoms with Crippen molar-refractivity contribution in [2.75, 3.05) is 5.73 Å². The van der Waals surface area contributed by atoms with Crippen molar-refractivity contribution in [1.29, 1.82) is 0 Å². The minimum Gasteiger partial charge on any atom is -0.399 e. The van der Waals surface area contributed by atoms with Gasteiger partial charge in [0.1, 0.15) is 5.82 Å². The topological polar surface area (TPSA) is 84.7 Å². The summed E-state index contributed by atoms with van der Waals surface area (Å²) in [5.74, 6) is 0.591. The lowest BCUT2D eigenvalue weighted by molar-refractivity contribution is 0.545. The van der Waals surface area contributed by atoms with Crippen LogP contribution in [0.4, 0.5) is 5.69 Å². The fourth-order valence-electron chi connectivity index (χ4n) is 3.16. The molecule has 0 amide bonds. The van der Waals surface area contributed by atoms with Crippen molar-refractivity contribution in [1.82, 2.24) is 15.0 Å². The molecule has 0 atom stereocenters. The van der Waals surface area contributed by atoms with Gasteiger partial charge in [-0.3, -0.25) is 4.79 Å². The number of fused-ring (bicyclic) bond motifs is 1. The Balaban J connectivity index is 2.08. The highest BCUT2D eigenvalue weighted by Gasteiger charge is 2.21. The molecule has 0 saturated carbocycles. The number of rotatable bonds is 2. The van der Waals surface area contributed by atoms with E-state index in [2.05, 4.69) is 9.97 Å². The molecule has 2 aromatic heterocycles. The summed E-state index contributed by atoms with van der Waals surface area (Å²) in [6.45, 7) is 5.98. The van der Waals surface area contributed by atoms with Crippen LogP contribution in [0.15, 0.2) is 59.4 Å². The lowest BCUT2D eigenvalue weighted by atomic mass is 9.95. The summed E-state index contributed by atoms with van der Waals surface area (Å²) < 4.78 is 0. The smallest absolute Gasteiger partial charge is 0.260 e. The number of hydrogen-bond donors (Lipinski definition) is 2. The fourth-order valence-corrected chi connectivity index (χ4v) is 3.39. The van der Waals surface area contributed by atoms with Crippen LogP contribution in [-0.2, 0) is 5.41 Å². The Labute approximate surface area is 173 Å². The van der Waals surface area contributed by atoms with Crippen molar-refractivity contribution in [3.8, 4) is 22.4 Å². The summed E-state index contributed by atoms with van der Waals surface area (Å²) in [5.41, 5.74) is 9.52. The van der Waals surface area contributed by atoms with Gasteiger partial charge in [-0.2, -0.15) is 0 Å². The predicted molar refractivity (Wildman–Crippen MR) is 119 cm³/mol. The van der Waals surface area contributed by atoms with Crippen molar-refractivity contribution in [3.05, 3.63) is 75.8 Å². The molecule has 5 nitrogen and oxygen atoms in total. The molecule has 2 aromatic carbocycles. The second-order valence-corrected chi connectivity index (χ2v) is 8.43. The highest BCUT2D eigenvalue weighted by molar-refractivity contribution is 6.33. The van der Waals surface area contributed by atoms with Crippen LogP contribution in [0, 0.1) is 0 Å². The maximum Gasteiger partial charge on any atom is 0.260 e. The van der Waals surface area contributed by atoms with Crippen LogP contribution in [0.5, 0.6) is 0 Å². The first-order valence-corrected chi connectivity index (χ1v) is 9.68. The molecule has 3 N–H and O–H groups in total. The van der Waals surface area contributed by atoms with Gasteiger partial charge in [-0.15, -0.1) is 0 Å². The molecule has 29 heavy (non-hydrogen) atoms. The predicted octanol–water partition coefficient (Wildman–Crippen LogP) is 5.19. The largest absolute Gasteiger partial charge is 0.399 e. The molecular weight excluding hydrogens is 384 g/mol. The Morgan fingerprint density at radius 2 is 1.66 bits per heavy atom.